The van der Waals surface area contributed by atoms with E-state index in [1.54, 1.807) is 0 Å². The molecule has 0 aliphatic carbocycles. The van der Waals surface area contributed by atoms with Gasteiger partial charge < -0.3 is 14.2 Å². The van der Waals surface area contributed by atoms with Gasteiger partial charge in [-0.25, -0.2) is 9.97 Å². The van der Waals surface area contributed by atoms with Crippen LogP contribution in [0.15, 0.2) is 54.6 Å². The third-order valence-electron chi connectivity index (χ3n) is 5.49. The zero-order valence-electron chi connectivity index (χ0n) is 16.7. The molecule has 30 heavy (non-hydrogen) atoms. The zero-order valence-corrected chi connectivity index (χ0v) is 16.7. The van der Waals surface area contributed by atoms with E-state index >= 15 is 0 Å². The third kappa shape index (κ3) is 3.19. The van der Waals surface area contributed by atoms with Gasteiger partial charge in [-0.1, -0.05) is 30.3 Å². The maximum atomic E-state index is 9.98. The summed E-state index contributed by atoms with van der Waals surface area (Å²) in [5.74, 6) is 1.53. The molecule has 0 amide bonds. The Bertz CT molecular complexity index is 1310. The standard InChI is InChI=1S/C24H21N5O/c1-28-22-9-5-4-8-21(22)27-23(28)19(16-25)15-18-14-17-6-2-3-7-20(17)26-24(18)29-10-12-30-13-11-29/h2-9,14-15H,10-13H2,1H3/b19-15+. The van der Waals surface area contributed by atoms with E-state index in [1.165, 1.54) is 0 Å². The molecule has 0 bridgehead atoms. The maximum absolute atomic E-state index is 9.98. The Balaban J connectivity index is 1.69. The number of imidazole rings is 1. The summed E-state index contributed by atoms with van der Waals surface area (Å²) in [5, 5.41) is 11.0. The van der Waals surface area contributed by atoms with Crippen molar-refractivity contribution in [2.24, 2.45) is 7.05 Å². The number of ether oxygens (including phenoxy) is 1. The average molecular weight is 395 g/mol. The number of anilines is 1. The monoisotopic (exact) mass is 395 g/mol. The molecule has 1 aliphatic rings. The molecule has 0 N–H and O–H groups in total. The molecule has 3 heterocycles. The molecule has 1 fully saturated rings. The van der Waals surface area contributed by atoms with E-state index in [9.17, 15) is 5.26 Å². The number of allylic oxidation sites excluding steroid dienone is 1. The van der Waals surface area contributed by atoms with Crippen molar-refractivity contribution >= 4 is 39.4 Å². The van der Waals surface area contributed by atoms with E-state index in [0.29, 0.717) is 24.6 Å². The fourth-order valence-corrected chi connectivity index (χ4v) is 3.95. The summed E-state index contributed by atoms with van der Waals surface area (Å²) in [5.41, 5.74) is 4.25. The first-order valence-electron chi connectivity index (χ1n) is 10.0. The number of nitrogens with zero attached hydrogens (tertiary/aromatic N) is 5. The molecule has 0 unspecified atom stereocenters. The number of morpholine rings is 1. The largest absolute Gasteiger partial charge is 0.378 e. The van der Waals surface area contributed by atoms with Gasteiger partial charge in [0, 0.05) is 31.1 Å². The Labute approximate surface area is 174 Å². The molecule has 0 saturated carbocycles. The first-order valence-corrected chi connectivity index (χ1v) is 10.0. The molecule has 6 nitrogen and oxygen atoms in total. The van der Waals surface area contributed by atoms with E-state index in [4.69, 9.17) is 14.7 Å². The van der Waals surface area contributed by atoms with E-state index in [-0.39, 0.29) is 0 Å². The molecule has 2 aromatic carbocycles. The maximum Gasteiger partial charge on any atom is 0.151 e. The van der Waals surface area contributed by atoms with Crippen molar-refractivity contribution in [2.45, 2.75) is 0 Å². The fraction of sp³-hybridized carbons (Fsp3) is 0.208. The van der Waals surface area contributed by atoms with Gasteiger partial charge in [0.15, 0.2) is 5.82 Å². The highest BCUT2D eigenvalue weighted by Gasteiger charge is 2.18. The lowest BCUT2D eigenvalue weighted by atomic mass is 10.1. The second kappa shape index (κ2) is 7.62. The zero-order chi connectivity index (χ0) is 20.5. The summed E-state index contributed by atoms with van der Waals surface area (Å²) in [7, 11) is 1.94. The van der Waals surface area contributed by atoms with Crippen LogP contribution in [-0.2, 0) is 11.8 Å². The number of benzene rings is 2. The number of nitriles is 1. The summed E-state index contributed by atoms with van der Waals surface area (Å²) < 4.78 is 7.48. The molecular formula is C24H21N5O. The minimum atomic E-state index is 0.514. The van der Waals surface area contributed by atoms with Crippen LogP contribution in [-0.4, -0.2) is 40.8 Å². The van der Waals surface area contributed by atoms with Gasteiger partial charge in [0.1, 0.15) is 11.9 Å². The molecule has 4 aromatic rings. The van der Waals surface area contributed by atoms with Gasteiger partial charge >= 0.3 is 0 Å². The number of pyridine rings is 1. The summed E-state index contributed by atoms with van der Waals surface area (Å²) >= 11 is 0. The molecule has 1 aliphatic heterocycles. The lowest BCUT2D eigenvalue weighted by Crippen LogP contribution is -2.37. The topological polar surface area (TPSA) is 67.0 Å². The first-order chi connectivity index (χ1) is 14.7. The lowest BCUT2D eigenvalue weighted by Gasteiger charge is -2.29. The van der Waals surface area contributed by atoms with Gasteiger partial charge in [0.25, 0.3) is 0 Å². The highest BCUT2D eigenvalue weighted by atomic mass is 16.5. The summed E-state index contributed by atoms with van der Waals surface area (Å²) in [6.45, 7) is 2.90. The van der Waals surface area contributed by atoms with E-state index in [1.807, 2.05) is 66.2 Å². The van der Waals surface area contributed by atoms with Crippen molar-refractivity contribution in [1.29, 1.82) is 5.26 Å². The minimum absolute atomic E-state index is 0.514. The molecular weight excluding hydrogens is 374 g/mol. The predicted molar refractivity (Wildman–Crippen MR) is 119 cm³/mol. The van der Waals surface area contributed by atoms with Crippen LogP contribution < -0.4 is 4.90 Å². The molecule has 0 atom stereocenters. The smallest absolute Gasteiger partial charge is 0.151 e. The second-order valence-electron chi connectivity index (χ2n) is 7.35. The van der Waals surface area contributed by atoms with Crippen molar-refractivity contribution in [3.63, 3.8) is 0 Å². The quantitative estimate of drug-likeness (QED) is 0.490. The summed E-state index contributed by atoms with van der Waals surface area (Å²) in [6, 6.07) is 20.4. The normalized spacial score (nSPS) is 14.9. The van der Waals surface area contributed by atoms with Crippen LogP contribution in [0, 0.1) is 11.3 Å². The number of aromatic nitrogens is 3. The number of para-hydroxylation sites is 3. The summed E-state index contributed by atoms with van der Waals surface area (Å²) in [4.78, 5) is 11.9. The molecule has 5 rings (SSSR count). The highest BCUT2D eigenvalue weighted by molar-refractivity contribution is 5.95. The van der Waals surface area contributed by atoms with Crippen molar-refractivity contribution in [1.82, 2.24) is 14.5 Å². The predicted octanol–water partition coefficient (Wildman–Crippen LogP) is 4.02. The van der Waals surface area contributed by atoms with Crippen molar-refractivity contribution in [2.75, 3.05) is 31.2 Å². The molecule has 0 radical (unpaired) electrons. The van der Waals surface area contributed by atoms with Gasteiger partial charge in [0.05, 0.1) is 35.3 Å². The van der Waals surface area contributed by atoms with E-state index in [0.717, 1.165) is 46.4 Å². The SMILES string of the molecule is Cn1c(/C(C#N)=C/c2cc3ccccc3nc2N2CCOCC2)nc2ccccc21. The van der Waals surface area contributed by atoms with Gasteiger partial charge in [-0.3, -0.25) is 0 Å². The van der Waals surface area contributed by atoms with Crippen molar-refractivity contribution < 1.29 is 4.74 Å². The molecule has 6 heteroatoms. The van der Waals surface area contributed by atoms with Crippen LogP contribution in [0.4, 0.5) is 5.82 Å². The van der Waals surface area contributed by atoms with Crippen LogP contribution in [0.3, 0.4) is 0 Å². The fourth-order valence-electron chi connectivity index (χ4n) is 3.95. The number of fused-ring (bicyclic) bond motifs is 2. The molecule has 2 aromatic heterocycles. The minimum Gasteiger partial charge on any atom is -0.378 e. The summed E-state index contributed by atoms with van der Waals surface area (Å²) in [6.07, 6.45) is 1.91. The molecule has 1 saturated heterocycles. The molecule has 148 valence electrons. The third-order valence-corrected chi connectivity index (χ3v) is 5.49. The van der Waals surface area contributed by atoms with E-state index in [2.05, 4.69) is 17.0 Å². The number of rotatable bonds is 3. The highest BCUT2D eigenvalue weighted by Crippen LogP contribution is 2.29. The van der Waals surface area contributed by atoms with Gasteiger partial charge in [-0.05, 0) is 30.3 Å². The van der Waals surface area contributed by atoms with Gasteiger partial charge in [0.2, 0.25) is 0 Å². The average Bonchev–Trinajstić information content (AvgIpc) is 3.14. The van der Waals surface area contributed by atoms with Crippen LogP contribution in [0.25, 0.3) is 33.6 Å². The van der Waals surface area contributed by atoms with Crippen LogP contribution in [0.5, 0.6) is 0 Å². The van der Waals surface area contributed by atoms with Crippen LogP contribution in [0.2, 0.25) is 0 Å². The van der Waals surface area contributed by atoms with Crippen LogP contribution >= 0.6 is 0 Å². The van der Waals surface area contributed by atoms with E-state index < -0.39 is 0 Å². The first kappa shape index (κ1) is 18.3. The Kier molecular flexibility index (Phi) is 4.66. The number of aryl methyl sites for hydroxylation is 1. The molecule has 0 spiro atoms. The Hall–Kier alpha value is -3.69. The Morgan fingerprint density at radius 3 is 2.53 bits per heavy atom. The van der Waals surface area contributed by atoms with Gasteiger partial charge in [-0.2, -0.15) is 5.26 Å². The number of hydrogen-bond donors (Lipinski definition) is 0. The lowest BCUT2D eigenvalue weighted by molar-refractivity contribution is 0.122. The second-order valence-corrected chi connectivity index (χ2v) is 7.35. The Morgan fingerprint density at radius 2 is 1.77 bits per heavy atom. The number of hydrogen-bond acceptors (Lipinski definition) is 5. The Morgan fingerprint density at radius 1 is 1.03 bits per heavy atom. The van der Waals surface area contributed by atoms with Crippen molar-refractivity contribution in [3.05, 3.63) is 66.0 Å². The van der Waals surface area contributed by atoms with Crippen LogP contribution in [0.1, 0.15) is 11.4 Å². The van der Waals surface area contributed by atoms with Gasteiger partial charge in [-0.15, -0.1) is 0 Å². The van der Waals surface area contributed by atoms with Crippen molar-refractivity contribution in [3.8, 4) is 6.07 Å².